The Morgan fingerprint density at radius 2 is 1.93 bits per heavy atom. The molecule has 0 saturated heterocycles. The minimum atomic E-state index is 0.700. The van der Waals surface area contributed by atoms with E-state index in [0.717, 1.165) is 10.0 Å². The highest BCUT2D eigenvalue weighted by Gasteiger charge is 2.04. The number of hydrogen-bond acceptors (Lipinski definition) is 2. The van der Waals surface area contributed by atoms with Gasteiger partial charge in [0.2, 0.25) is 0 Å². The summed E-state index contributed by atoms with van der Waals surface area (Å²) < 4.78 is 1.15. The van der Waals surface area contributed by atoms with Crippen LogP contribution < -0.4 is 0 Å². The van der Waals surface area contributed by atoms with Crippen molar-refractivity contribution < 1.29 is 0 Å². The highest BCUT2D eigenvalue weighted by atomic mass is 79.9. The molecule has 1 nitrogen and oxygen atoms in total. The van der Waals surface area contributed by atoms with Gasteiger partial charge in [-0.1, -0.05) is 12.1 Å². The number of benzene rings is 1. The zero-order valence-electron chi connectivity index (χ0n) is 8.12. The fourth-order valence-corrected chi connectivity index (χ4v) is 2.85. The van der Waals surface area contributed by atoms with Gasteiger partial charge in [-0.15, -0.1) is 11.3 Å². The topological polar surface area (TPSA) is 23.8 Å². The molecule has 1 aromatic heterocycles. The van der Waals surface area contributed by atoms with Crippen LogP contribution in [0.4, 0.5) is 0 Å². The lowest BCUT2D eigenvalue weighted by Crippen LogP contribution is -1.74. The summed E-state index contributed by atoms with van der Waals surface area (Å²) in [5.41, 5.74) is 1.86. The number of aryl methyl sites for hydroxylation is 1. The van der Waals surface area contributed by atoms with Crippen molar-refractivity contribution in [2.24, 2.45) is 0 Å². The molecule has 0 spiro atoms. The van der Waals surface area contributed by atoms with Crippen LogP contribution in [0.15, 0.2) is 34.8 Å². The number of thiophene rings is 1. The third kappa shape index (κ3) is 2.11. The number of hydrogen-bond donors (Lipinski definition) is 0. The standard InChI is InChI=1S/C12H8BrNS/c1-8-11(13)6-12(15-8)10-4-2-9(7-14)3-5-10/h2-6H,1H3. The summed E-state index contributed by atoms with van der Waals surface area (Å²) in [7, 11) is 0. The molecule has 1 heterocycles. The molecule has 0 atom stereocenters. The largest absolute Gasteiger partial charge is 0.192 e. The minimum absolute atomic E-state index is 0.700. The van der Waals surface area contributed by atoms with Crippen molar-refractivity contribution in [3.63, 3.8) is 0 Å². The molecule has 74 valence electrons. The Balaban J connectivity index is 2.42. The Morgan fingerprint density at radius 1 is 1.27 bits per heavy atom. The Labute approximate surface area is 101 Å². The average Bonchev–Trinajstić information content (AvgIpc) is 2.59. The van der Waals surface area contributed by atoms with Crippen LogP contribution in [-0.4, -0.2) is 0 Å². The van der Waals surface area contributed by atoms with Crippen molar-refractivity contribution in [2.75, 3.05) is 0 Å². The second kappa shape index (κ2) is 4.18. The van der Waals surface area contributed by atoms with Crippen LogP contribution in [0.25, 0.3) is 10.4 Å². The normalized spacial score (nSPS) is 9.93. The molecule has 0 aliphatic rings. The van der Waals surface area contributed by atoms with Gasteiger partial charge in [-0.05, 0) is 46.6 Å². The predicted molar refractivity (Wildman–Crippen MR) is 66.9 cm³/mol. The zero-order valence-corrected chi connectivity index (χ0v) is 10.5. The van der Waals surface area contributed by atoms with E-state index < -0.39 is 0 Å². The molecule has 0 aliphatic carbocycles. The molecule has 0 radical (unpaired) electrons. The van der Waals surface area contributed by atoms with Gasteiger partial charge in [0, 0.05) is 14.2 Å². The van der Waals surface area contributed by atoms with E-state index in [1.807, 2.05) is 24.3 Å². The summed E-state index contributed by atoms with van der Waals surface area (Å²) in [5.74, 6) is 0. The summed E-state index contributed by atoms with van der Waals surface area (Å²) in [6.07, 6.45) is 0. The van der Waals surface area contributed by atoms with Gasteiger partial charge >= 0.3 is 0 Å². The molecule has 0 unspecified atom stereocenters. The smallest absolute Gasteiger partial charge is 0.0991 e. The molecule has 1 aromatic carbocycles. The first-order valence-corrected chi connectivity index (χ1v) is 6.08. The second-order valence-electron chi connectivity index (χ2n) is 3.20. The molecule has 3 heteroatoms. The van der Waals surface area contributed by atoms with Crippen LogP contribution in [0.1, 0.15) is 10.4 Å². The van der Waals surface area contributed by atoms with Gasteiger partial charge in [-0.2, -0.15) is 5.26 Å². The van der Waals surface area contributed by atoms with E-state index in [1.54, 1.807) is 11.3 Å². The molecular weight excluding hydrogens is 270 g/mol. The quantitative estimate of drug-likeness (QED) is 0.760. The lowest BCUT2D eigenvalue weighted by atomic mass is 10.1. The monoisotopic (exact) mass is 277 g/mol. The molecule has 15 heavy (non-hydrogen) atoms. The third-order valence-electron chi connectivity index (χ3n) is 2.16. The van der Waals surface area contributed by atoms with Crippen LogP contribution in [-0.2, 0) is 0 Å². The van der Waals surface area contributed by atoms with E-state index >= 15 is 0 Å². The fourth-order valence-electron chi connectivity index (χ4n) is 1.31. The molecule has 0 bridgehead atoms. The highest BCUT2D eigenvalue weighted by molar-refractivity contribution is 9.10. The van der Waals surface area contributed by atoms with E-state index in [-0.39, 0.29) is 0 Å². The number of rotatable bonds is 1. The van der Waals surface area contributed by atoms with E-state index in [4.69, 9.17) is 5.26 Å². The molecular formula is C12H8BrNS. The average molecular weight is 278 g/mol. The summed E-state index contributed by atoms with van der Waals surface area (Å²) in [5, 5.41) is 8.69. The lowest BCUT2D eigenvalue weighted by Gasteiger charge is -1.95. The van der Waals surface area contributed by atoms with E-state index in [2.05, 4.69) is 35.0 Å². The maximum absolute atomic E-state index is 8.69. The maximum Gasteiger partial charge on any atom is 0.0991 e. The Hall–Kier alpha value is -1.11. The lowest BCUT2D eigenvalue weighted by molar-refractivity contribution is 1.49. The van der Waals surface area contributed by atoms with Crippen molar-refractivity contribution >= 4 is 27.3 Å². The number of halogens is 1. The van der Waals surface area contributed by atoms with Crippen LogP contribution in [0, 0.1) is 18.3 Å². The number of nitriles is 1. The Bertz CT molecular complexity index is 500. The Kier molecular flexibility index (Phi) is 2.90. The fraction of sp³-hybridized carbons (Fsp3) is 0.0833. The molecule has 0 saturated carbocycles. The molecule has 0 N–H and O–H groups in total. The van der Waals surface area contributed by atoms with Crippen LogP contribution >= 0.6 is 27.3 Å². The number of nitrogens with zero attached hydrogens (tertiary/aromatic N) is 1. The highest BCUT2D eigenvalue weighted by Crippen LogP contribution is 2.33. The SMILES string of the molecule is Cc1sc(-c2ccc(C#N)cc2)cc1Br. The van der Waals surface area contributed by atoms with Crippen LogP contribution in [0.5, 0.6) is 0 Å². The minimum Gasteiger partial charge on any atom is -0.192 e. The van der Waals surface area contributed by atoms with E-state index in [1.165, 1.54) is 9.75 Å². The summed E-state index contributed by atoms with van der Waals surface area (Å²) >= 11 is 5.25. The summed E-state index contributed by atoms with van der Waals surface area (Å²) in [6.45, 7) is 2.09. The zero-order chi connectivity index (χ0) is 10.8. The first kappa shape index (κ1) is 10.4. The van der Waals surface area contributed by atoms with Crippen LogP contribution in [0.3, 0.4) is 0 Å². The van der Waals surface area contributed by atoms with Crippen molar-refractivity contribution in [1.82, 2.24) is 0 Å². The first-order valence-electron chi connectivity index (χ1n) is 4.47. The van der Waals surface area contributed by atoms with Gasteiger partial charge in [-0.3, -0.25) is 0 Å². The first-order chi connectivity index (χ1) is 7.20. The van der Waals surface area contributed by atoms with Gasteiger partial charge in [0.05, 0.1) is 11.6 Å². The molecule has 0 fully saturated rings. The van der Waals surface area contributed by atoms with Gasteiger partial charge in [0.15, 0.2) is 0 Å². The van der Waals surface area contributed by atoms with Crippen molar-refractivity contribution in [1.29, 1.82) is 5.26 Å². The predicted octanol–water partition coefficient (Wildman–Crippen LogP) is 4.36. The van der Waals surface area contributed by atoms with Crippen LogP contribution in [0.2, 0.25) is 0 Å². The summed E-state index contributed by atoms with van der Waals surface area (Å²) in [6, 6.07) is 11.9. The third-order valence-corrected chi connectivity index (χ3v) is 4.34. The van der Waals surface area contributed by atoms with Gasteiger partial charge in [0.1, 0.15) is 0 Å². The van der Waals surface area contributed by atoms with Gasteiger partial charge < -0.3 is 0 Å². The molecule has 2 aromatic rings. The molecule has 0 aliphatic heterocycles. The summed E-state index contributed by atoms with van der Waals surface area (Å²) in [4.78, 5) is 2.50. The van der Waals surface area contributed by atoms with E-state index in [9.17, 15) is 0 Å². The molecule has 0 amide bonds. The van der Waals surface area contributed by atoms with Crippen molar-refractivity contribution in [3.8, 4) is 16.5 Å². The van der Waals surface area contributed by atoms with Gasteiger partial charge in [-0.25, -0.2) is 0 Å². The second-order valence-corrected chi connectivity index (χ2v) is 5.31. The van der Waals surface area contributed by atoms with E-state index in [0.29, 0.717) is 5.56 Å². The maximum atomic E-state index is 8.69. The van der Waals surface area contributed by atoms with Crippen molar-refractivity contribution in [3.05, 3.63) is 45.2 Å². The van der Waals surface area contributed by atoms with Gasteiger partial charge in [0.25, 0.3) is 0 Å². The Morgan fingerprint density at radius 3 is 2.40 bits per heavy atom. The molecule has 2 rings (SSSR count). The van der Waals surface area contributed by atoms with Crippen molar-refractivity contribution in [2.45, 2.75) is 6.92 Å².